The SMILES string of the molecule is O=S1CCN2C(=N1)C1(c3ccc(Oc4cc(C(F)(F)F)ccn4)cc3)CCC2CC1. The summed E-state index contributed by atoms with van der Waals surface area (Å²) in [6, 6.07) is 9.65. The van der Waals surface area contributed by atoms with Crippen LogP contribution in [-0.4, -0.2) is 38.3 Å². The lowest BCUT2D eigenvalue weighted by Gasteiger charge is -2.55. The van der Waals surface area contributed by atoms with E-state index >= 15 is 0 Å². The minimum absolute atomic E-state index is 0.104. The molecule has 2 aromatic rings. The Morgan fingerprint density at radius 1 is 1.13 bits per heavy atom. The molecule has 1 aliphatic carbocycles. The highest BCUT2D eigenvalue weighted by Gasteiger charge is 2.51. The number of pyridine rings is 1. The molecule has 30 heavy (non-hydrogen) atoms. The molecule has 9 heteroatoms. The van der Waals surface area contributed by atoms with Gasteiger partial charge in [-0.2, -0.15) is 17.6 Å². The highest BCUT2D eigenvalue weighted by molar-refractivity contribution is 7.83. The normalized spacial score (nSPS) is 28.1. The quantitative estimate of drug-likeness (QED) is 0.714. The van der Waals surface area contributed by atoms with Crippen LogP contribution in [0.3, 0.4) is 0 Å². The van der Waals surface area contributed by atoms with Gasteiger partial charge in [0.05, 0.1) is 16.7 Å². The first kappa shape index (κ1) is 19.5. The van der Waals surface area contributed by atoms with E-state index in [0.717, 1.165) is 62.0 Å². The van der Waals surface area contributed by atoms with Crippen LogP contribution in [0, 0.1) is 0 Å². The highest BCUT2D eigenvalue weighted by atomic mass is 32.2. The molecule has 1 saturated carbocycles. The van der Waals surface area contributed by atoms with Crippen molar-refractivity contribution in [3.05, 3.63) is 53.7 Å². The van der Waals surface area contributed by atoms with Gasteiger partial charge in [0.2, 0.25) is 5.88 Å². The largest absolute Gasteiger partial charge is 0.439 e. The van der Waals surface area contributed by atoms with Crippen LogP contribution in [0.5, 0.6) is 11.6 Å². The summed E-state index contributed by atoms with van der Waals surface area (Å²) in [6.45, 7) is 0.778. The average Bonchev–Trinajstić information content (AvgIpc) is 2.74. The number of rotatable bonds is 3. The summed E-state index contributed by atoms with van der Waals surface area (Å²) >= 11 is 0. The van der Waals surface area contributed by atoms with Crippen LogP contribution in [-0.2, 0) is 22.6 Å². The zero-order valence-corrected chi connectivity index (χ0v) is 16.9. The van der Waals surface area contributed by atoms with Gasteiger partial charge in [0, 0.05) is 24.8 Å². The van der Waals surface area contributed by atoms with E-state index in [1.165, 1.54) is 0 Å². The van der Waals surface area contributed by atoms with Crippen LogP contribution < -0.4 is 4.74 Å². The van der Waals surface area contributed by atoms with E-state index in [9.17, 15) is 17.4 Å². The number of hydrogen-bond acceptors (Lipinski definition) is 4. The van der Waals surface area contributed by atoms with Gasteiger partial charge in [0.15, 0.2) is 0 Å². The second-order valence-electron chi connectivity index (χ2n) is 7.95. The monoisotopic (exact) mass is 435 g/mol. The molecule has 0 amide bonds. The van der Waals surface area contributed by atoms with Crippen molar-refractivity contribution in [2.75, 3.05) is 12.3 Å². The minimum Gasteiger partial charge on any atom is -0.439 e. The Morgan fingerprint density at radius 3 is 2.57 bits per heavy atom. The van der Waals surface area contributed by atoms with E-state index in [1.807, 2.05) is 12.1 Å². The first-order valence-corrected chi connectivity index (χ1v) is 11.2. The number of alkyl halides is 3. The molecule has 2 bridgehead atoms. The molecule has 0 radical (unpaired) electrons. The van der Waals surface area contributed by atoms with Crippen LogP contribution in [0.1, 0.15) is 36.8 Å². The predicted molar refractivity (Wildman–Crippen MR) is 107 cm³/mol. The Labute approximate surface area is 174 Å². The number of nitrogens with zero attached hydrogens (tertiary/aromatic N) is 3. The maximum absolute atomic E-state index is 12.9. The predicted octanol–water partition coefficient (Wildman–Crippen LogP) is 4.46. The lowest BCUT2D eigenvalue weighted by molar-refractivity contribution is -0.137. The first-order valence-electron chi connectivity index (χ1n) is 9.91. The van der Waals surface area contributed by atoms with Crippen LogP contribution >= 0.6 is 0 Å². The van der Waals surface area contributed by atoms with Gasteiger partial charge in [-0.15, -0.1) is 0 Å². The molecule has 6 rings (SSSR count). The van der Waals surface area contributed by atoms with Gasteiger partial charge in [0.25, 0.3) is 0 Å². The second kappa shape index (κ2) is 7.08. The van der Waals surface area contributed by atoms with E-state index in [-0.39, 0.29) is 11.3 Å². The Kier molecular flexibility index (Phi) is 4.61. The summed E-state index contributed by atoms with van der Waals surface area (Å²) < 4.78 is 60.9. The number of benzene rings is 1. The molecule has 1 aromatic heterocycles. The van der Waals surface area contributed by atoms with Crippen molar-refractivity contribution < 1.29 is 22.1 Å². The van der Waals surface area contributed by atoms with Crippen LogP contribution in [0.25, 0.3) is 0 Å². The Bertz CT molecular complexity index is 1010. The van der Waals surface area contributed by atoms with Gasteiger partial charge >= 0.3 is 6.18 Å². The number of piperidine rings is 2. The molecular weight excluding hydrogens is 415 g/mol. The fourth-order valence-electron chi connectivity index (χ4n) is 4.85. The fourth-order valence-corrected chi connectivity index (χ4v) is 5.76. The molecule has 1 atom stereocenters. The maximum Gasteiger partial charge on any atom is 0.416 e. The Hall–Kier alpha value is -2.42. The fraction of sp³-hybridized carbons (Fsp3) is 0.429. The van der Waals surface area contributed by atoms with Crippen molar-refractivity contribution in [1.82, 2.24) is 9.88 Å². The van der Waals surface area contributed by atoms with Crippen molar-refractivity contribution in [3.63, 3.8) is 0 Å². The topological polar surface area (TPSA) is 54.8 Å². The number of hydrogen-bond donors (Lipinski definition) is 0. The van der Waals surface area contributed by atoms with Crippen LogP contribution in [0.15, 0.2) is 47.0 Å². The van der Waals surface area contributed by atoms with Gasteiger partial charge in [0.1, 0.15) is 22.6 Å². The van der Waals surface area contributed by atoms with E-state index in [2.05, 4.69) is 14.3 Å². The molecule has 3 fully saturated rings. The molecule has 1 unspecified atom stereocenters. The molecule has 158 valence electrons. The van der Waals surface area contributed by atoms with Crippen molar-refractivity contribution >= 4 is 16.8 Å². The molecule has 4 aliphatic rings. The van der Waals surface area contributed by atoms with Gasteiger partial charge in [-0.3, -0.25) is 0 Å². The third kappa shape index (κ3) is 3.29. The number of aromatic nitrogens is 1. The van der Waals surface area contributed by atoms with E-state index in [1.54, 1.807) is 12.1 Å². The zero-order chi connectivity index (χ0) is 20.9. The molecule has 3 aliphatic heterocycles. The smallest absolute Gasteiger partial charge is 0.416 e. The second-order valence-corrected chi connectivity index (χ2v) is 9.19. The number of fused-ring (bicyclic) bond motifs is 2. The number of ether oxygens (including phenoxy) is 1. The van der Waals surface area contributed by atoms with Gasteiger partial charge in [-0.25, -0.2) is 9.19 Å². The zero-order valence-electron chi connectivity index (χ0n) is 16.1. The van der Waals surface area contributed by atoms with Crippen LogP contribution in [0.2, 0.25) is 0 Å². The van der Waals surface area contributed by atoms with E-state index in [0.29, 0.717) is 17.5 Å². The molecule has 2 saturated heterocycles. The van der Waals surface area contributed by atoms with Crippen molar-refractivity contribution in [3.8, 4) is 11.6 Å². The Morgan fingerprint density at radius 2 is 1.87 bits per heavy atom. The summed E-state index contributed by atoms with van der Waals surface area (Å²) in [4.78, 5) is 6.20. The van der Waals surface area contributed by atoms with Crippen molar-refractivity contribution in [2.45, 2.75) is 43.3 Å². The molecule has 1 aromatic carbocycles. The molecule has 4 heterocycles. The molecule has 5 nitrogen and oxygen atoms in total. The minimum atomic E-state index is -4.45. The third-order valence-electron chi connectivity index (χ3n) is 6.34. The standard InChI is InChI=1S/C21H20F3N3O2S/c22-21(23,24)15-7-10-25-18(13-15)29-17-3-1-14(2-4-17)20-8-5-16(6-9-20)27-11-12-30(28)26-19(20)27/h1-4,7,10,13,16H,5-6,8-9,11-12H2. The van der Waals surface area contributed by atoms with Gasteiger partial charge < -0.3 is 9.64 Å². The lowest BCUT2D eigenvalue weighted by Crippen LogP contribution is -2.62. The number of amidine groups is 1. The highest BCUT2D eigenvalue weighted by Crippen LogP contribution is 2.49. The lowest BCUT2D eigenvalue weighted by atomic mass is 9.63. The van der Waals surface area contributed by atoms with Crippen molar-refractivity contribution in [2.24, 2.45) is 4.40 Å². The van der Waals surface area contributed by atoms with E-state index in [4.69, 9.17) is 4.74 Å². The summed E-state index contributed by atoms with van der Waals surface area (Å²) in [5.74, 6) is 1.82. The summed E-state index contributed by atoms with van der Waals surface area (Å²) in [5.41, 5.74) is 0.0238. The average molecular weight is 435 g/mol. The van der Waals surface area contributed by atoms with Crippen LogP contribution in [0.4, 0.5) is 13.2 Å². The van der Waals surface area contributed by atoms with Crippen molar-refractivity contribution in [1.29, 1.82) is 0 Å². The van der Waals surface area contributed by atoms with Gasteiger partial charge in [-0.1, -0.05) is 12.1 Å². The summed E-state index contributed by atoms with van der Waals surface area (Å²) in [6.07, 6.45) is 0.716. The molecular formula is C21H20F3N3O2S. The first-order chi connectivity index (χ1) is 14.3. The molecule has 0 N–H and O–H groups in total. The third-order valence-corrected chi connectivity index (χ3v) is 7.24. The van der Waals surface area contributed by atoms with E-state index < -0.39 is 22.7 Å². The van der Waals surface area contributed by atoms with Gasteiger partial charge in [-0.05, 0) is 49.4 Å². The summed E-state index contributed by atoms with van der Waals surface area (Å²) in [7, 11) is -1.18. The Balaban J connectivity index is 1.42. The summed E-state index contributed by atoms with van der Waals surface area (Å²) in [5, 5.41) is 0. The number of halogens is 3. The maximum atomic E-state index is 12.9. The molecule has 0 spiro atoms.